The topological polar surface area (TPSA) is 90.0 Å². The van der Waals surface area contributed by atoms with Crippen LogP contribution in [0, 0.1) is 0 Å². The summed E-state index contributed by atoms with van der Waals surface area (Å²) in [6.45, 7) is 10.1. The van der Waals surface area contributed by atoms with Gasteiger partial charge in [0.2, 0.25) is 10.0 Å². The van der Waals surface area contributed by atoms with Gasteiger partial charge in [-0.2, -0.15) is 17.5 Å². The number of carbonyl (C=O) groups excluding carboxylic acids is 2. The van der Waals surface area contributed by atoms with Gasteiger partial charge in [0.15, 0.2) is 12.4 Å². The van der Waals surface area contributed by atoms with Gasteiger partial charge in [-0.3, -0.25) is 4.79 Å². The molecule has 250 valence electrons. The summed E-state index contributed by atoms with van der Waals surface area (Å²) in [7, 11) is -4.57. The molecule has 1 aliphatic carbocycles. The van der Waals surface area contributed by atoms with Crippen LogP contribution in [-0.4, -0.2) is 36.7 Å². The Balaban J connectivity index is 0.00000185. The number of hydrogen-bond acceptors (Lipinski definition) is 6. The Bertz CT molecular complexity index is 1620. The van der Waals surface area contributed by atoms with Gasteiger partial charge in [-0.15, -0.1) is 0 Å². The molecule has 0 N–H and O–H groups in total. The Kier molecular flexibility index (Phi) is 12.2. The molecule has 0 saturated heterocycles. The molecule has 0 amide bonds. The van der Waals surface area contributed by atoms with Crippen LogP contribution in [0.1, 0.15) is 99.5 Å². The zero-order valence-electron chi connectivity index (χ0n) is 27.1. The molecule has 1 atom stereocenters. The number of halogens is 3. The van der Waals surface area contributed by atoms with E-state index >= 15 is 0 Å². The summed E-state index contributed by atoms with van der Waals surface area (Å²) >= 11 is 0. The Hall–Kier alpha value is -3.70. The fourth-order valence-corrected chi connectivity index (χ4v) is 6.80. The van der Waals surface area contributed by atoms with Gasteiger partial charge in [0.25, 0.3) is 0 Å². The Morgan fingerprint density at radius 1 is 0.957 bits per heavy atom. The Labute approximate surface area is 269 Å². The lowest BCUT2D eigenvalue weighted by Gasteiger charge is -2.36. The van der Waals surface area contributed by atoms with Gasteiger partial charge in [-0.05, 0) is 87.9 Å². The molecule has 46 heavy (non-hydrogen) atoms. The monoisotopic (exact) mass is 661 g/mol. The zero-order valence-corrected chi connectivity index (χ0v) is 27.9. The van der Waals surface area contributed by atoms with E-state index < -0.39 is 50.1 Å². The number of rotatable bonds is 9. The molecule has 0 fully saturated rings. The Morgan fingerprint density at radius 3 is 2.20 bits per heavy atom. The number of ketones is 1. The highest BCUT2D eigenvalue weighted by atomic mass is 32.2. The van der Waals surface area contributed by atoms with Gasteiger partial charge in [-0.25, -0.2) is 13.2 Å². The average molecular weight is 662 g/mol. The predicted octanol–water partition coefficient (Wildman–Crippen LogP) is 8.31. The molecule has 0 heterocycles. The van der Waals surface area contributed by atoms with Gasteiger partial charge >= 0.3 is 12.1 Å². The molecule has 0 spiro atoms. The number of hydrogen-bond donors (Lipinski definition) is 0. The lowest BCUT2D eigenvalue weighted by atomic mass is 9.87. The molecule has 7 nitrogen and oxygen atoms in total. The summed E-state index contributed by atoms with van der Waals surface area (Å²) in [5.41, 5.74) is -0.292. The van der Waals surface area contributed by atoms with Crippen LogP contribution in [0.5, 0.6) is 5.75 Å². The van der Waals surface area contributed by atoms with Crippen LogP contribution in [-0.2, 0) is 38.7 Å². The van der Waals surface area contributed by atoms with Gasteiger partial charge in [-0.1, -0.05) is 62.7 Å². The molecule has 0 bridgehead atoms. The molecule has 11 heteroatoms. The highest BCUT2D eigenvalue weighted by Gasteiger charge is 2.39. The van der Waals surface area contributed by atoms with Crippen LogP contribution < -0.4 is 4.74 Å². The third-order valence-corrected chi connectivity index (χ3v) is 8.81. The number of benzene rings is 3. The molecule has 3 aromatic rings. The SMILES string of the molecule is CC(=O)c1cc(C(F)(F)F)cc(S(=O)(=O)N(Cc2ccccc2)[C@@H]2CCCc3c(OCC(=O)OC(C)(C)C)cccc32)c1.CCC. The standard InChI is InChI=1S/C32H34F3NO6S.C3H8/c1-21(37)23-16-24(32(33,34)35)18-25(17-23)43(39,40)36(19-22-10-6-5-7-11-22)28-14-8-13-27-26(28)12-9-15-29(27)41-20-30(38)42-31(2,3)4;1-3-2/h5-7,9-12,15-18,28H,8,13-14,19-20H2,1-4H3;3H2,1-2H3/t28-;/m1./s1. The van der Waals surface area contributed by atoms with Crippen LogP contribution >= 0.6 is 0 Å². The van der Waals surface area contributed by atoms with Gasteiger partial charge < -0.3 is 9.47 Å². The van der Waals surface area contributed by atoms with Crippen LogP contribution in [0.15, 0.2) is 71.6 Å². The minimum absolute atomic E-state index is 0.123. The maximum atomic E-state index is 14.3. The molecule has 0 radical (unpaired) electrons. The predicted molar refractivity (Wildman–Crippen MR) is 170 cm³/mol. The smallest absolute Gasteiger partial charge is 0.416 e. The van der Waals surface area contributed by atoms with E-state index in [2.05, 4.69) is 13.8 Å². The van der Waals surface area contributed by atoms with Crippen LogP contribution in [0.4, 0.5) is 13.2 Å². The van der Waals surface area contributed by atoms with Crippen molar-refractivity contribution in [2.75, 3.05) is 6.61 Å². The van der Waals surface area contributed by atoms with E-state index in [1.165, 1.54) is 10.7 Å². The highest BCUT2D eigenvalue weighted by Crippen LogP contribution is 2.42. The second-order valence-electron chi connectivity index (χ2n) is 12.2. The van der Waals surface area contributed by atoms with Gasteiger partial charge in [0.1, 0.15) is 11.4 Å². The largest absolute Gasteiger partial charge is 0.482 e. The number of nitrogens with zero attached hydrogens (tertiary/aromatic N) is 1. The van der Waals surface area contributed by atoms with Crippen molar-refractivity contribution in [3.05, 3.63) is 94.5 Å². The maximum Gasteiger partial charge on any atom is 0.416 e. The van der Waals surface area contributed by atoms with Crippen molar-refractivity contribution in [3.63, 3.8) is 0 Å². The van der Waals surface area contributed by atoms with E-state index in [1.807, 2.05) is 0 Å². The second kappa shape index (κ2) is 15.3. The van der Waals surface area contributed by atoms with Gasteiger partial charge in [0.05, 0.1) is 16.5 Å². The molecule has 4 rings (SSSR count). The van der Waals surface area contributed by atoms with Crippen molar-refractivity contribution in [2.24, 2.45) is 0 Å². The van der Waals surface area contributed by atoms with E-state index in [0.29, 0.717) is 53.8 Å². The van der Waals surface area contributed by atoms with E-state index in [0.717, 1.165) is 13.0 Å². The van der Waals surface area contributed by atoms with E-state index in [-0.39, 0.29) is 18.7 Å². The van der Waals surface area contributed by atoms with Crippen molar-refractivity contribution in [1.82, 2.24) is 4.31 Å². The summed E-state index contributed by atoms with van der Waals surface area (Å²) in [6, 6.07) is 15.4. The normalized spacial score (nSPS) is 15.0. The first-order chi connectivity index (χ1) is 21.5. The average Bonchev–Trinajstić information content (AvgIpc) is 2.98. The summed E-state index contributed by atoms with van der Waals surface area (Å²) in [5.74, 6) is -0.841. The lowest BCUT2D eigenvalue weighted by molar-refractivity contribution is -0.157. The number of sulfonamides is 1. The van der Waals surface area contributed by atoms with Gasteiger partial charge in [0, 0.05) is 12.1 Å². The van der Waals surface area contributed by atoms with Crippen molar-refractivity contribution < 1.29 is 40.7 Å². The number of alkyl halides is 3. The molecule has 3 aromatic carbocycles. The number of Topliss-reactive ketones (excluding diaryl/α,β-unsaturated/α-hetero) is 1. The first-order valence-electron chi connectivity index (χ1n) is 15.2. The summed E-state index contributed by atoms with van der Waals surface area (Å²) < 4.78 is 82.3. The minimum atomic E-state index is -4.86. The molecule has 0 saturated carbocycles. The lowest BCUT2D eigenvalue weighted by Crippen LogP contribution is -2.36. The molecule has 0 unspecified atom stereocenters. The maximum absolute atomic E-state index is 14.3. The van der Waals surface area contributed by atoms with Crippen LogP contribution in [0.25, 0.3) is 0 Å². The van der Waals surface area contributed by atoms with Crippen LogP contribution in [0.2, 0.25) is 0 Å². The third kappa shape index (κ3) is 9.65. The molecular formula is C35H42F3NO6S. The minimum Gasteiger partial charge on any atom is -0.482 e. The fourth-order valence-electron chi connectivity index (χ4n) is 5.11. The molecule has 1 aliphatic rings. The number of ether oxygens (including phenoxy) is 2. The summed E-state index contributed by atoms with van der Waals surface area (Å²) in [5, 5.41) is 0. The molecule has 0 aliphatic heterocycles. The van der Waals surface area contributed by atoms with Crippen molar-refractivity contribution in [1.29, 1.82) is 0 Å². The first-order valence-corrected chi connectivity index (χ1v) is 16.7. The van der Waals surface area contributed by atoms with Crippen molar-refractivity contribution in [2.45, 2.75) is 96.5 Å². The van der Waals surface area contributed by atoms with E-state index in [1.54, 1.807) is 69.3 Å². The highest BCUT2D eigenvalue weighted by molar-refractivity contribution is 7.89. The summed E-state index contributed by atoms with van der Waals surface area (Å²) in [4.78, 5) is 23.8. The quantitative estimate of drug-likeness (QED) is 0.169. The van der Waals surface area contributed by atoms with E-state index in [9.17, 15) is 31.2 Å². The van der Waals surface area contributed by atoms with E-state index in [4.69, 9.17) is 9.47 Å². The fraction of sp³-hybridized carbons (Fsp3) is 0.429. The summed E-state index contributed by atoms with van der Waals surface area (Å²) in [6.07, 6.45) is -2.11. The third-order valence-electron chi connectivity index (χ3n) is 6.97. The van der Waals surface area contributed by atoms with Crippen molar-refractivity contribution >= 4 is 21.8 Å². The number of esters is 1. The number of fused-ring (bicyclic) bond motifs is 1. The second-order valence-corrected chi connectivity index (χ2v) is 14.0. The van der Waals surface area contributed by atoms with Crippen molar-refractivity contribution in [3.8, 4) is 5.75 Å². The zero-order chi connectivity index (χ0) is 34.3. The first kappa shape index (κ1) is 36.8. The molecular weight excluding hydrogens is 619 g/mol. The Morgan fingerprint density at radius 2 is 1.61 bits per heavy atom. The molecule has 0 aromatic heterocycles. The van der Waals surface area contributed by atoms with Crippen LogP contribution in [0.3, 0.4) is 0 Å². The number of carbonyl (C=O) groups is 2.